The first-order chi connectivity index (χ1) is 14.3. The van der Waals surface area contributed by atoms with Crippen molar-refractivity contribution < 1.29 is 22.3 Å². The average Bonchev–Trinajstić information content (AvgIpc) is 2.73. The molecule has 0 saturated carbocycles. The van der Waals surface area contributed by atoms with Crippen LogP contribution >= 0.6 is 0 Å². The molecule has 1 N–H and O–H groups in total. The van der Waals surface area contributed by atoms with Gasteiger partial charge in [0.05, 0.1) is 11.4 Å². The van der Waals surface area contributed by atoms with Gasteiger partial charge in [0.15, 0.2) is 0 Å². The predicted octanol–water partition coefficient (Wildman–Crippen LogP) is 3.84. The zero-order chi connectivity index (χ0) is 21.6. The van der Waals surface area contributed by atoms with Gasteiger partial charge in [-0.1, -0.05) is 6.07 Å². The molecule has 0 spiro atoms. The SMILES string of the molecule is CS(=O)(=O)CCCNC(=O)c1cccc(-c2ccc(Oc3ccc(F)cc3)cc2)n1. The molecule has 1 heterocycles. The maximum Gasteiger partial charge on any atom is 0.269 e. The Kier molecular flexibility index (Phi) is 6.79. The molecule has 0 unspecified atom stereocenters. The molecular formula is C22H21FN2O4S. The number of sulfone groups is 1. The lowest BCUT2D eigenvalue weighted by Crippen LogP contribution is -2.26. The summed E-state index contributed by atoms with van der Waals surface area (Å²) >= 11 is 0. The molecule has 0 aliphatic rings. The molecule has 0 saturated heterocycles. The fourth-order valence-corrected chi connectivity index (χ4v) is 3.35. The van der Waals surface area contributed by atoms with Crippen LogP contribution in [0.5, 0.6) is 11.5 Å². The van der Waals surface area contributed by atoms with Gasteiger partial charge >= 0.3 is 0 Å². The van der Waals surface area contributed by atoms with E-state index in [-0.39, 0.29) is 29.7 Å². The first-order valence-electron chi connectivity index (χ1n) is 9.27. The third-order valence-electron chi connectivity index (χ3n) is 4.16. The van der Waals surface area contributed by atoms with Crippen molar-refractivity contribution in [1.82, 2.24) is 10.3 Å². The summed E-state index contributed by atoms with van der Waals surface area (Å²) in [7, 11) is -3.05. The lowest BCUT2D eigenvalue weighted by Gasteiger charge is -2.08. The minimum atomic E-state index is -3.05. The molecule has 0 aliphatic heterocycles. The van der Waals surface area contributed by atoms with Crippen molar-refractivity contribution in [3.05, 3.63) is 78.2 Å². The van der Waals surface area contributed by atoms with Gasteiger partial charge < -0.3 is 10.1 Å². The second-order valence-electron chi connectivity index (χ2n) is 6.73. The van der Waals surface area contributed by atoms with Crippen LogP contribution in [0.2, 0.25) is 0 Å². The van der Waals surface area contributed by atoms with Crippen molar-refractivity contribution in [3.63, 3.8) is 0 Å². The fourth-order valence-electron chi connectivity index (χ4n) is 2.68. The van der Waals surface area contributed by atoms with Crippen LogP contribution in [0.4, 0.5) is 4.39 Å². The number of halogens is 1. The highest BCUT2D eigenvalue weighted by Gasteiger charge is 2.10. The zero-order valence-corrected chi connectivity index (χ0v) is 17.2. The van der Waals surface area contributed by atoms with Crippen molar-refractivity contribution in [2.75, 3.05) is 18.6 Å². The number of ether oxygens (including phenoxy) is 1. The van der Waals surface area contributed by atoms with E-state index in [9.17, 15) is 17.6 Å². The number of carbonyl (C=O) groups excluding carboxylic acids is 1. The lowest BCUT2D eigenvalue weighted by molar-refractivity contribution is 0.0949. The molecular weight excluding hydrogens is 407 g/mol. The number of hydrogen-bond donors (Lipinski definition) is 1. The van der Waals surface area contributed by atoms with Gasteiger partial charge in [-0.05, 0) is 67.1 Å². The molecule has 30 heavy (non-hydrogen) atoms. The van der Waals surface area contributed by atoms with Gasteiger partial charge in [-0.3, -0.25) is 4.79 Å². The summed E-state index contributed by atoms with van der Waals surface area (Å²) in [6.45, 7) is 0.257. The molecule has 1 aromatic heterocycles. The Morgan fingerprint density at radius 1 is 1.00 bits per heavy atom. The quantitative estimate of drug-likeness (QED) is 0.551. The fraction of sp³-hybridized carbons (Fsp3) is 0.182. The van der Waals surface area contributed by atoms with E-state index in [1.807, 2.05) is 12.1 Å². The molecule has 6 nitrogen and oxygen atoms in total. The molecule has 3 aromatic rings. The van der Waals surface area contributed by atoms with Crippen molar-refractivity contribution in [2.45, 2.75) is 6.42 Å². The summed E-state index contributed by atoms with van der Waals surface area (Å²) in [6.07, 6.45) is 1.51. The topological polar surface area (TPSA) is 85.4 Å². The summed E-state index contributed by atoms with van der Waals surface area (Å²) in [6, 6.07) is 18.0. The average molecular weight is 428 g/mol. The van der Waals surface area contributed by atoms with Crippen molar-refractivity contribution in [2.24, 2.45) is 0 Å². The second kappa shape index (κ2) is 9.49. The van der Waals surface area contributed by atoms with E-state index in [1.165, 1.54) is 12.1 Å². The molecule has 3 rings (SSSR count). The van der Waals surface area contributed by atoms with Crippen LogP contribution in [0, 0.1) is 5.82 Å². The molecule has 0 fully saturated rings. The Balaban J connectivity index is 1.63. The van der Waals surface area contributed by atoms with E-state index in [2.05, 4.69) is 10.3 Å². The zero-order valence-electron chi connectivity index (χ0n) is 16.3. The van der Waals surface area contributed by atoms with Gasteiger partial charge in [0.1, 0.15) is 32.8 Å². The molecule has 0 atom stereocenters. The number of pyridine rings is 1. The van der Waals surface area contributed by atoms with Gasteiger partial charge in [0.25, 0.3) is 5.91 Å². The van der Waals surface area contributed by atoms with Crippen LogP contribution in [0.1, 0.15) is 16.9 Å². The number of nitrogens with zero attached hydrogens (tertiary/aromatic N) is 1. The normalized spacial score (nSPS) is 11.1. The van der Waals surface area contributed by atoms with E-state index in [4.69, 9.17) is 4.74 Å². The third-order valence-corrected chi connectivity index (χ3v) is 5.19. The first kappa shape index (κ1) is 21.4. The summed E-state index contributed by atoms with van der Waals surface area (Å²) in [5.41, 5.74) is 1.67. The van der Waals surface area contributed by atoms with Crippen LogP contribution in [0.3, 0.4) is 0 Å². The van der Waals surface area contributed by atoms with E-state index in [1.54, 1.807) is 42.5 Å². The van der Waals surface area contributed by atoms with Crippen LogP contribution < -0.4 is 10.1 Å². The van der Waals surface area contributed by atoms with Gasteiger partial charge in [0.2, 0.25) is 0 Å². The molecule has 0 aliphatic carbocycles. The Morgan fingerprint density at radius 2 is 1.63 bits per heavy atom. The van der Waals surface area contributed by atoms with Crippen LogP contribution in [-0.2, 0) is 9.84 Å². The minimum absolute atomic E-state index is 0.0209. The van der Waals surface area contributed by atoms with E-state index >= 15 is 0 Å². The molecule has 0 bridgehead atoms. The maximum absolute atomic E-state index is 13.0. The summed E-state index contributed by atoms with van der Waals surface area (Å²) < 4.78 is 40.9. The summed E-state index contributed by atoms with van der Waals surface area (Å²) in [5.74, 6) is 0.444. The number of hydrogen-bond acceptors (Lipinski definition) is 5. The molecule has 8 heteroatoms. The molecule has 2 aromatic carbocycles. The van der Waals surface area contributed by atoms with Crippen molar-refractivity contribution in [1.29, 1.82) is 0 Å². The molecule has 0 radical (unpaired) electrons. The molecule has 156 valence electrons. The number of rotatable bonds is 8. The highest BCUT2D eigenvalue weighted by atomic mass is 32.2. The lowest BCUT2D eigenvalue weighted by atomic mass is 10.1. The van der Waals surface area contributed by atoms with E-state index in [0.29, 0.717) is 23.6 Å². The van der Waals surface area contributed by atoms with Gasteiger partial charge in [-0.15, -0.1) is 0 Å². The number of benzene rings is 2. The Bertz CT molecular complexity index is 1110. The summed E-state index contributed by atoms with van der Waals surface area (Å²) in [4.78, 5) is 16.6. The summed E-state index contributed by atoms with van der Waals surface area (Å²) in [5, 5.41) is 2.68. The van der Waals surface area contributed by atoms with Gasteiger partial charge in [0, 0.05) is 18.4 Å². The van der Waals surface area contributed by atoms with E-state index in [0.717, 1.165) is 11.8 Å². The Morgan fingerprint density at radius 3 is 2.27 bits per heavy atom. The largest absolute Gasteiger partial charge is 0.457 e. The maximum atomic E-state index is 13.0. The van der Waals surface area contributed by atoms with Gasteiger partial charge in [-0.2, -0.15) is 0 Å². The Labute approximate surface area is 174 Å². The van der Waals surface area contributed by atoms with E-state index < -0.39 is 9.84 Å². The van der Waals surface area contributed by atoms with Gasteiger partial charge in [-0.25, -0.2) is 17.8 Å². The van der Waals surface area contributed by atoms with Crippen LogP contribution in [0.15, 0.2) is 66.7 Å². The van der Waals surface area contributed by atoms with Crippen molar-refractivity contribution in [3.8, 4) is 22.8 Å². The number of amides is 1. The minimum Gasteiger partial charge on any atom is -0.457 e. The van der Waals surface area contributed by atoms with Crippen LogP contribution in [0.25, 0.3) is 11.3 Å². The third kappa shape index (κ3) is 6.38. The smallest absolute Gasteiger partial charge is 0.269 e. The number of nitrogens with one attached hydrogen (secondary N) is 1. The number of carbonyl (C=O) groups is 1. The predicted molar refractivity (Wildman–Crippen MR) is 113 cm³/mol. The standard InChI is InChI=1S/C22H21FN2O4S/c1-30(27,28)15-3-14-24-22(26)21-5-2-4-20(25-21)16-6-10-18(11-7-16)29-19-12-8-17(23)9-13-19/h2,4-13H,3,14-15H2,1H3,(H,24,26). The highest BCUT2D eigenvalue weighted by molar-refractivity contribution is 7.90. The second-order valence-corrected chi connectivity index (χ2v) is 8.99. The van der Waals surface area contributed by atoms with Crippen molar-refractivity contribution >= 4 is 15.7 Å². The highest BCUT2D eigenvalue weighted by Crippen LogP contribution is 2.25. The van der Waals surface area contributed by atoms with Crippen LogP contribution in [-0.4, -0.2) is 37.9 Å². The Hall–Kier alpha value is -3.26. The monoisotopic (exact) mass is 428 g/mol. The first-order valence-corrected chi connectivity index (χ1v) is 11.3. The molecule has 1 amide bonds. The number of aromatic nitrogens is 1.